The van der Waals surface area contributed by atoms with E-state index in [-0.39, 0.29) is 11.3 Å². The Morgan fingerprint density at radius 3 is 3.04 bits per heavy atom. The number of nitrogens with zero attached hydrogens (tertiary/aromatic N) is 1. The van der Waals surface area contributed by atoms with E-state index < -0.39 is 0 Å². The van der Waals surface area contributed by atoms with Crippen molar-refractivity contribution in [2.75, 3.05) is 6.54 Å². The van der Waals surface area contributed by atoms with Crippen LogP contribution in [0.25, 0.3) is 11.0 Å². The van der Waals surface area contributed by atoms with Gasteiger partial charge in [0, 0.05) is 12.1 Å². The van der Waals surface area contributed by atoms with Crippen molar-refractivity contribution in [1.29, 1.82) is 0 Å². The average molecular weight is 363 g/mol. The predicted molar refractivity (Wildman–Crippen MR) is 106 cm³/mol. The Hall–Kier alpha value is -2.82. The second-order valence-electron chi connectivity index (χ2n) is 7.84. The summed E-state index contributed by atoms with van der Waals surface area (Å²) in [5.74, 6) is 0.728. The lowest BCUT2D eigenvalue weighted by atomic mass is 9.63. The Kier molecular flexibility index (Phi) is 4.38. The monoisotopic (exact) mass is 363 g/mol. The summed E-state index contributed by atoms with van der Waals surface area (Å²) in [6, 6.07) is 11.2. The van der Waals surface area contributed by atoms with Crippen LogP contribution >= 0.6 is 0 Å². The first kappa shape index (κ1) is 17.6. The van der Waals surface area contributed by atoms with E-state index in [0.29, 0.717) is 23.8 Å². The summed E-state index contributed by atoms with van der Waals surface area (Å²) in [5.41, 5.74) is 4.81. The maximum atomic E-state index is 12.6. The Bertz CT molecular complexity index is 994. The summed E-state index contributed by atoms with van der Waals surface area (Å²) in [4.78, 5) is 19.8. The molecular weight excluding hydrogens is 338 g/mol. The van der Waals surface area contributed by atoms with Crippen molar-refractivity contribution >= 4 is 16.9 Å². The van der Waals surface area contributed by atoms with E-state index in [1.165, 1.54) is 11.1 Å². The van der Waals surface area contributed by atoms with Crippen LogP contribution in [0.2, 0.25) is 0 Å². The van der Waals surface area contributed by atoms with Crippen molar-refractivity contribution in [2.24, 2.45) is 5.92 Å². The molecule has 0 saturated carbocycles. The Labute approximate surface area is 158 Å². The summed E-state index contributed by atoms with van der Waals surface area (Å²) >= 11 is 0. The van der Waals surface area contributed by atoms with Crippen molar-refractivity contribution < 1.29 is 9.90 Å². The van der Waals surface area contributed by atoms with E-state index >= 15 is 0 Å². The van der Waals surface area contributed by atoms with Gasteiger partial charge in [-0.1, -0.05) is 19.9 Å². The number of carbonyl (C=O) groups excluding carboxylic acids is 1. The summed E-state index contributed by atoms with van der Waals surface area (Å²) in [5, 5.41) is 13.0. The predicted octanol–water partition coefficient (Wildman–Crippen LogP) is 3.93. The number of aromatic hydroxyl groups is 1. The lowest BCUT2D eigenvalue weighted by Crippen LogP contribution is -2.39. The Morgan fingerprint density at radius 2 is 2.19 bits per heavy atom. The zero-order valence-electron chi connectivity index (χ0n) is 15.7. The van der Waals surface area contributed by atoms with Gasteiger partial charge in [0.15, 0.2) is 0 Å². The summed E-state index contributed by atoms with van der Waals surface area (Å²) in [7, 11) is 0. The van der Waals surface area contributed by atoms with Gasteiger partial charge in [0.1, 0.15) is 5.75 Å². The van der Waals surface area contributed by atoms with Crippen molar-refractivity contribution in [3.8, 4) is 5.75 Å². The standard InChI is InChI=1S/C22H25N3O2/c1-14-3-4-15-5-7-17(26)12-18(15)22(14,2)9-10-23-21(27)16-6-8-19-20(11-16)25-13-24-19/h5-8,11-14,26H,3-4,9-10H2,1-2H3,(H,23,27)(H,24,25)/t14?,22-/m0/s1. The molecule has 5 nitrogen and oxygen atoms in total. The van der Waals surface area contributed by atoms with Crippen LogP contribution in [-0.2, 0) is 11.8 Å². The van der Waals surface area contributed by atoms with Crippen LogP contribution in [0.3, 0.4) is 0 Å². The van der Waals surface area contributed by atoms with Gasteiger partial charge in [-0.15, -0.1) is 0 Å². The summed E-state index contributed by atoms with van der Waals surface area (Å²) in [6.07, 6.45) is 4.63. The molecule has 5 heteroatoms. The number of fused-ring (bicyclic) bond motifs is 2. The van der Waals surface area contributed by atoms with E-state index in [0.717, 1.165) is 30.3 Å². The van der Waals surface area contributed by atoms with Gasteiger partial charge in [0.25, 0.3) is 5.91 Å². The van der Waals surface area contributed by atoms with E-state index in [1.54, 1.807) is 18.5 Å². The van der Waals surface area contributed by atoms with E-state index in [4.69, 9.17) is 0 Å². The number of nitrogens with one attached hydrogen (secondary N) is 2. The molecule has 3 N–H and O–H groups in total. The largest absolute Gasteiger partial charge is 0.508 e. The lowest BCUT2D eigenvalue weighted by Gasteiger charge is -2.42. The van der Waals surface area contributed by atoms with Crippen LogP contribution < -0.4 is 5.32 Å². The first-order valence-corrected chi connectivity index (χ1v) is 9.51. The number of hydrogen-bond donors (Lipinski definition) is 3. The van der Waals surface area contributed by atoms with Crippen LogP contribution in [0.1, 0.15) is 48.2 Å². The highest BCUT2D eigenvalue weighted by Crippen LogP contribution is 2.44. The number of amides is 1. The molecule has 0 aliphatic heterocycles. The first-order chi connectivity index (χ1) is 13.0. The van der Waals surface area contributed by atoms with Crippen LogP contribution in [0.15, 0.2) is 42.7 Å². The molecule has 3 aromatic rings. The highest BCUT2D eigenvalue weighted by molar-refractivity contribution is 5.97. The van der Waals surface area contributed by atoms with E-state index in [2.05, 4.69) is 29.1 Å². The van der Waals surface area contributed by atoms with Gasteiger partial charge in [0.05, 0.1) is 17.4 Å². The van der Waals surface area contributed by atoms with Gasteiger partial charge in [0.2, 0.25) is 0 Å². The molecule has 27 heavy (non-hydrogen) atoms. The van der Waals surface area contributed by atoms with E-state index in [1.807, 2.05) is 24.3 Å². The van der Waals surface area contributed by atoms with Crippen LogP contribution in [0.4, 0.5) is 0 Å². The highest BCUT2D eigenvalue weighted by Gasteiger charge is 2.37. The number of phenolic OH excluding ortho intramolecular Hbond substituents is 1. The molecule has 1 aliphatic rings. The van der Waals surface area contributed by atoms with Gasteiger partial charge in [-0.25, -0.2) is 4.98 Å². The number of benzene rings is 2. The zero-order valence-corrected chi connectivity index (χ0v) is 15.7. The topological polar surface area (TPSA) is 78.0 Å². The molecule has 2 aromatic carbocycles. The molecule has 0 saturated heterocycles. The molecule has 1 aromatic heterocycles. The smallest absolute Gasteiger partial charge is 0.251 e. The van der Waals surface area contributed by atoms with Crippen molar-refractivity contribution in [2.45, 2.75) is 38.5 Å². The average Bonchev–Trinajstić information content (AvgIpc) is 3.13. The summed E-state index contributed by atoms with van der Waals surface area (Å²) < 4.78 is 0. The maximum absolute atomic E-state index is 12.6. The Morgan fingerprint density at radius 1 is 1.33 bits per heavy atom. The number of H-pyrrole nitrogens is 1. The molecular formula is C22H25N3O2. The van der Waals surface area contributed by atoms with Crippen molar-refractivity contribution in [1.82, 2.24) is 15.3 Å². The number of aromatic nitrogens is 2. The first-order valence-electron chi connectivity index (χ1n) is 9.51. The van der Waals surface area contributed by atoms with Gasteiger partial charge in [-0.3, -0.25) is 4.79 Å². The molecule has 1 unspecified atom stereocenters. The molecule has 1 heterocycles. The van der Waals surface area contributed by atoms with Crippen LogP contribution in [0, 0.1) is 5.92 Å². The molecule has 1 amide bonds. The van der Waals surface area contributed by atoms with Crippen molar-refractivity contribution in [3.63, 3.8) is 0 Å². The molecule has 0 spiro atoms. The SMILES string of the molecule is CC1CCc2ccc(O)cc2[C@@]1(C)CCNC(=O)c1ccc2nc[nH]c2c1. The number of imidazole rings is 1. The minimum absolute atomic E-state index is 0.0626. The second-order valence-corrected chi connectivity index (χ2v) is 7.84. The number of carbonyl (C=O) groups is 1. The molecule has 140 valence electrons. The van der Waals surface area contributed by atoms with Crippen LogP contribution in [0.5, 0.6) is 5.75 Å². The number of hydrogen-bond acceptors (Lipinski definition) is 3. The fourth-order valence-corrected chi connectivity index (χ4v) is 4.27. The fourth-order valence-electron chi connectivity index (χ4n) is 4.27. The highest BCUT2D eigenvalue weighted by atomic mass is 16.3. The third-order valence-corrected chi connectivity index (χ3v) is 6.26. The third kappa shape index (κ3) is 3.18. The third-order valence-electron chi connectivity index (χ3n) is 6.26. The van der Waals surface area contributed by atoms with Gasteiger partial charge >= 0.3 is 0 Å². The molecule has 0 bridgehead atoms. The minimum atomic E-state index is -0.0744. The number of aromatic amines is 1. The number of phenols is 1. The molecule has 1 aliphatic carbocycles. The minimum Gasteiger partial charge on any atom is -0.508 e. The van der Waals surface area contributed by atoms with Crippen LogP contribution in [-0.4, -0.2) is 27.5 Å². The quantitative estimate of drug-likeness (QED) is 0.657. The fraction of sp³-hybridized carbons (Fsp3) is 0.364. The molecule has 0 fully saturated rings. The molecule has 4 rings (SSSR count). The van der Waals surface area contributed by atoms with E-state index in [9.17, 15) is 9.90 Å². The number of rotatable bonds is 4. The maximum Gasteiger partial charge on any atom is 0.251 e. The second kappa shape index (κ2) is 6.72. The van der Waals surface area contributed by atoms with Gasteiger partial charge in [-0.2, -0.15) is 0 Å². The van der Waals surface area contributed by atoms with Gasteiger partial charge < -0.3 is 15.4 Å². The lowest BCUT2D eigenvalue weighted by molar-refractivity contribution is 0.0948. The van der Waals surface area contributed by atoms with Crippen molar-refractivity contribution in [3.05, 3.63) is 59.4 Å². The Balaban J connectivity index is 1.48. The molecule has 0 radical (unpaired) electrons. The van der Waals surface area contributed by atoms with Gasteiger partial charge in [-0.05, 0) is 72.1 Å². The zero-order chi connectivity index (χ0) is 19.0. The molecule has 2 atom stereocenters. The summed E-state index contributed by atoms with van der Waals surface area (Å²) in [6.45, 7) is 5.11. The normalized spacial score (nSPS) is 21.8. The number of aryl methyl sites for hydroxylation is 1.